The molecule has 3 atom stereocenters. The number of hydrogen-bond acceptors (Lipinski definition) is 13. The van der Waals surface area contributed by atoms with Gasteiger partial charge in [-0.1, -0.05) is 60.1 Å². The number of unbranched alkanes of at least 4 members (excludes halogenated alkanes) is 3. The lowest BCUT2D eigenvalue weighted by Crippen LogP contribution is -2.71. The maximum Gasteiger partial charge on any atom is 0.353 e. The lowest BCUT2D eigenvalue weighted by molar-refractivity contribution is -0.156. The van der Waals surface area contributed by atoms with Gasteiger partial charge in [0.1, 0.15) is 17.5 Å². The normalized spacial score (nSPS) is 14.8. The number of aryl methyl sites for hydroxylation is 1. The number of esters is 2. The van der Waals surface area contributed by atoms with Crippen molar-refractivity contribution in [2.45, 2.75) is 129 Å². The molecule has 3 aromatic rings. The topological polar surface area (TPSA) is 284 Å². The first-order chi connectivity index (χ1) is 38.2. The molecule has 1 unspecified atom stereocenters. The van der Waals surface area contributed by atoms with Gasteiger partial charge in [-0.15, -0.1) is 0 Å². The first kappa shape index (κ1) is 62.9. The highest BCUT2D eigenvalue weighted by atomic mass is 35.5. The van der Waals surface area contributed by atoms with Gasteiger partial charge >= 0.3 is 17.9 Å². The van der Waals surface area contributed by atoms with Crippen LogP contribution in [0.1, 0.15) is 141 Å². The van der Waals surface area contributed by atoms with Crippen LogP contribution in [0.2, 0.25) is 0 Å². The van der Waals surface area contributed by atoms with Crippen molar-refractivity contribution in [2.24, 2.45) is 0 Å². The highest BCUT2D eigenvalue weighted by Crippen LogP contribution is 2.39. The summed E-state index contributed by atoms with van der Waals surface area (Å²) in [6.07, 6.45) is 3.40. The van der Waals surface area contributed by atoms with E-state index < -0.39 is 53.6 Å². The number of ether oxygens (including phenoxy) is 2. The Hall–Kier alpha value is -7.94. The largest absolute Gasteiger partial charge is 0.477 e. The molecule has 2 heterocycles. The Morgan fingerprint density at radius 3 is 2.01 bits per heavy atom. The number of Topliss-reactive ketones (excluding diaryl/α,β-unsaturated/α-hetero) is 1. The second-order valence-electron chi connectivity index (χ2n) is 19.8. The predicted molar refractivity (Wildman–Crippen MR) is 294 cm³/mol. The molecule has 0 aromatic heterocycles. The molecule has 2 aliphatic heterocycles. The molecule has 0 bridgehead atoms. The summed E-state index contributed by atoms with van der Waals surface area (Å²) in [5.41, 5.74) is 2.71. The number of allylic oxidation sites excluding steroid dienone is 1. The second kappa shape index (κ2) is 31.0. The van der Waals surface area contributed by atoms with E-state index in [1.807, 2.05) is 26.0 Å². The molecule has 5 rings (SSSR count). The maximum absolute atomic E-state index is 13.7. The van der Waals surface area contributed by atoms with Crippen molar-refractivity contribution >= 4 is 76.6 Å². The third kappa shape index (κ3) is 18.3. The highest BCUT2D eigenvalue weighted by Gasteiger charge is 2.53. The molecule has 430 valence electrons. The number of carboxylic acids is 1. The molecule has 1 fully saturated rings. The zero-order valence-electron chi connectivity index (χ0n) is 46.0. The summed E-state index contributed by atoms with van der Waals surface area (Å²) < 4.78 is 10.4. The number of para-hydroxylation sites is 1. The molecular weight excluding hydrogens is 1050 g/mol. The van der Waals surface area contributed by atoms with Gasteiger partial charge in [0.2, 0.25) is 23.6 Å². The fraction of sp³-hybridized carbons (Fsp3) is 0.466. The van der Waals surface area contributed by atoms with E-state index in [9.17, 15) is 57.8 Å². The van der Waals surface area contributed by atoms with Crippen molar-refractivity contribution < 1.29 is 67.3 Å². The quantitative estimate of drug-likeness (QED) is 0.0234. The summed E-state index contributed by atoms with van der Waals surface area (Å²) in [5.74, 6) is -7.09. The van der Waals surface area contributed by atoms with Crippen LogP contribution in [-0.2, 0) is 43.2 Å². The minimum absolute atomic E-state index is 0.0324. The van der Waals surface area contributed by atoms with E-state index in [1.54, 1.807) is 48.3 Å². The van der Waals surface area contributed by atoms with Gasteiger partial charge in [-0.25, -0.2) is 4.79 Å². The first-order valence-corrected chi connectivity index (χ1v) is 27.3. The van der Waals surface area contributed by atoms with E-state index >= 15 is 0 Å². The molecule has 2 aliphatic rings. The van der Waals surface area contributed by atoms with Crippen LogP contribution < -0.4 is 30.7 Å². The molecule has 22 heteroatoms. The minimum atomic E-state index is -1.33. The van der Waals surface area contributed by atoms with Crippen LogP contribution in [0.25, 0.3) is 0 Å². The number of rotatable bonds is 31. The van der Waals surface area contributed by atoms with Crippen LogP contribution in [-0.4, -0.2) is 143 Å². The molecule has 80 heavy (non-hydrogen) atoms. The van der Waals surface area contributed by atoms with Gasteiger partial charge in [-0.3, -0.25) is 52.8 Å². The fourth-order valence-corrected chi connectivity index (χ4v) is 9.67. The number of amides is 7. The number of carbonyl (C=O) groups is 11. The lowest BCUT2D eigenvalue weighted by Gasteiger charge is -2.49. The van der Waals surface area contributed by atoms with Crippen molar-refractivity contribution in [3.8, 4) is 11.5 Å². The number of β-lactam (4-membered cyclic amide) rings is 1. The van der Waals surface area contributed by atoms with Crippen molar-refractivity contribution in [1.82, 2.24) is 36.0 Å². The molecule has 0 radical (unpaired) electrons. The number of benzene rings is 3. The van der Waals surface area contributed by atoms with Crippen molar-refractivity contribution in [3.05, 3.63) is 105 Å². The van der Waals surface area contributed by atoms with Crippen LogP contribution in [0.3, 0.4) is 0 Å². The van der Waals surface area contributed by atoms with Crippen molar-refractivity contribution in [1.29, 1.82) is 0 Å². The Bertz CT molecular complexity index is 2820. The van der Waals surface area contributed by atoms with Gasteiger partial charge in [-0.2, -0.15) is 0 Å². The van der Waals surface area contributed by atoms with E-state index in [2.05, 4.69) is 21.3 Å². The number of nitrogens with one attached hydrogen (secondary N) is 4. The van der Waals surface area contributed by atoms with Gasteiger partial charge < -0.3 is 45.6 Å². The lowest BCUT2D eigenvalue weighted by atomic mass is 9.85. The third-order valence-corrected chi connectivity index (χ3v) is 14.3. The second-order valence-corrected chi connectivity index (χ2v) is 20.3. The monoisotopic (exact) mass is 1130 g/mol. The van der Waals surface area contributed by atoms with Gasteiger partial charge in [0, 0.05) is 103 Å². The molecule has 7 amide bonds. The van der Waals surface area contributed by atoms with E-state index in [0.717, 1.165) is 23.0 Å². The molecule has 0 spiro atoms. The summed E-state index contributed by atoms with van der Waals surface area (Å²) in [4.78, 5) is 145. The van der Waals surface area contributed by atoms with E-state index in [0.29, 0.717) is 82.3 Å². The van der Waals surface area contributed by atoms with Crippen molar-refractivity contribution in [3.63, 3.8) is 0 Å². The standard InChI is InChI=1S/C58H72ClN7O14/c1-36-17-14-20-42(37(36)2)54(73)61-30-11-13-33-65(34-16-31-62-55(74)43-21-15-22-47(79-38(3)67)53(43)80-39(4)68)50(72)28-26-48(70)60-29-10-7-12-32-64(5)49(71)27-23-41(69)35-44(40-18-8-6-9-19-40)56(75)63-51-46-25-24-45(59)52(58(77)78)66(46)57(51)76/h6,8-9,14-15,17-22,44,46,51H,7,10-13,16,23-35H2,1-5H3,(H,60,70)(H,61,73)(H,62,74)(H,63,75)(H,77,78)/t44-,46?,51+/m1/s1. The highest BCUT2D eigenvalue weighted by molar-refractivity contribution is 6.32. The smallest absolute Gasteiger partial charge is 0.353 e. The van der Waals surface area contributed by atoms with Gasteiger partial charge in [0.05, 0.1) is 17.5 Å². The van der Waals surface area contributed by atoms with Crippen LogP contribution in [0.5, 0.6) is 11.5 Å². The van der Waals surface area contributed by atoms with Crippen LogP contribution in [0, 0.1) is 13.8 Å². The average molecular weight is 1130 g/mol. The zero-order valence-corrected chi connectivity index (χ0v) is 46.7. The molecule has 5 N–H and O–H groups in total. The number of halogens is 1. The molecule has 21 nitrogen and oxygen atoms in total. The molecule has 3 aromatic carbocycles. The van der Waals surface area contributed by atoms with Crippen LogP contribution in [0.15, 0.2) is 77.5 Å². The summed E-state index contributed by atoms with van der Waals surface area (Å²) in [5, 5.41) is 20.9. The molecular formula is C58H72ClN7O14. The van der Waals surface area contributed by atoms with Crippen LogP contribution >= 0.6 is 11.6 Å². The van der Waals surface area contributed by atoms with Gasteiger partial charge in [0.25, 0.3) is 17.7 Å². The number of aliphatic carboxylic acids is 1. The molecule has 0 saturated carbocycles. The van der Waals surface area contributed by atoms with E-state index in [1.165, 1.54) is 30.0 Å². The fourth-order valence-electron chi connectivity index (χ4n) is 9.38. The summed E-state index contributed by atoms with van der Waals surface area (Å²) >= 11 is 6.11. The summed E-state index contributed by atoms with van der Waals surface area (Å²) in [7, 11) is 1.63. The third-order valence-electron chi connectivity index (χ3n) is 13.9. The first-order valence-electron chi connectivity index (χ1n) is 26.9. The number of hydrogen-bond donors (Lipinski definition) is 5. The van der Waals surface area contributed by atoms with E-state index in [4.69, 9.17) is 21.1 Å². The van der Waals surface area contributed by atoms with E-state index in [-0.39, 0.29) is 109 Å². The summed E-state index contributed by atoms with van der Waals surface area (Å²) in [6.45, 7) is 7.95. The zero-order chi connectivity index (χ0) is 58.5. The predicted octanol–water partition coefficient (Wildman–Crippen LogP) is 5.39. The maximum atomic E-state index is 13.7. The van der Waals surface area contributed by atoms with Crippen molar-refractivity contribution in [2.75, 3.05) is 46.3 Å². The van der Waals surface area contributed by atoms with Gasteiger partial charge in [-0.05, 0) is 100 Å². The molecule has 0 aliphatic carbocycles. The Balaban J connectivity index is 1.02. The average Bonchev–Trinajstić information content (AvgIpc) is 3.57. The number of carboxylic acid groups (broad SMARTS) is 1. The number of fused-ring (bicyclic) bond motifs is 1. The Morgan fingerprint density at radius 2 is 1.31 bits per heavy atom. The summed E-state index contributed by atoms with van der Waals surface area (Å²) in [6, 6.07) is 16.9. The SMILES string of the molecule is CC(=O)Oc1cccc(C(=O)NCCCN(CCCCNC(=O)c2cccc(C)c2C)C(=O)CCC(=O)NCCCCCN(C)C(=O)CCC(=O)C[C@@H](C(=O)N[C@@H]2C(=O)N3C(C(=O)O)=C(Cl)CCC23)c2ccccc2)c1OC(C)=O. The number of ketones is 1. The Morgan fingerprint density at radius 1 is 0.700 bits per heavy atom. The number of nitrogens with zero attached hydrogens (tertiary/aromatic N) is 3. The number of carbonyl (C=O) groups excluding carboxylic acids is 10. The van der Waals surface area contributed by atoms with Crippen LogP contribution in [0.4, 0.5) is 0 Å². The van der Waals surface area contributed by atoms with Gasteiger partial charge in [0.15, 0.2) is 11.5 Å². The Kier molecular flexibility index (Phi) is 24.4. The minimum Gasteiger partial charge on any atom is -0.477 e. The molecule has 1 saturated heterocycles. The Labute approximate surface area is 470 Å².